The second kappa shape index (κ2) is 6.75. The summed E-state index contributed by atoms with van der Waals surface area (Å²) < 4.78 is 24.9. The molecule has 0 heterocycles. The minimum absolute atomic E-state index is 0.0417. The summed E-state index contributed by atoms with van der Waals surface area (Å²) in [6.45, 7) is -0.756. The van der Waals surface area contributed by atoms with Gasteiger partial charge in [0.1, 0.15) is 0 Å². The number of para-hydroxylation sites is 1. The first-order chi connectivity index (χ1) is 8.60. The van der Waals surface area contributed by atoms with E-state index in [1.54, 1.807) is 24.3 Å². The lowest BCUT2D eigenvalue weighted by molar-refractivity contribution is 0.153. The molecule has 0 unspecified atom stereocenters. The minimum Gasteiger partial charge on any atom is -0.409 e. The van der Waals surface area contributed by atoms with Crippen LogP contribution in [0.2, 0.25) is 0 Å². The van der Waals surface area contributed by atoms with E-state index >= 15 is 0 Å². The van der Waals surface area contributed by atoms with E-state index in [0.29, 0.717) is 11.3 Å². The van der Waals surface area contributed by atoms with Crippen LogP contribution in [0.4, 0.5) is 14.5 Å². The number of hydrogen-bond acceptors (Lipinski definition) is 4. The standard InChI is InChI=1S/C11H15F2N3O2/c12-10(13)7-16(5-6-17)9-4-2-1-3-8(9)11(14)15-18/h1-4,10,17-18H,5-7H2,(H2,14,15). The Morgan fingerprint density at radius 3 is 2.61 bits per heavy atom. The lowest BCUT2D eigenvalue weighted by Crippen LogP contribution is -2.33. The molecule has 0 aliphatic rings. The number of amidine groups is 1. The van der Waals surface area contributed by atoms with E-state index in [9.17, 15) is 8.78 Å². The zero-order valence-corrected chi connectivity index (χ0v) is 9.63. The van der Waals surface area contributed by atoms with Crippen molar-refractivity contribution in [3.8, 4) is 0 Å². The number of rotatable bonds is 6. The van der Waals surface area contributed by atoms with E-state index in [4.69, 9.17) is 16.0 Å². The molecule has 0 aliphatic heterocycles. The van der Waals surface area contributed by atoms with Crippen LogP contribution in [0.1, 0.15) is 5.56 Å². The van der Waals surface area contributed by atoms with E-state index in [2.05, 4.69) is 5.16 Å². The summed E-state index contributed by atoms with van der Waals surface area (Å²) in [5.74, 6) is -0.164. The maximum atomic E-state index is 12.5. The van der Waals surface area contributed by atoms with Crippen LogP contribution >= 0.6 is 0 Å². The van der Waals surface area contributed by atoms with Crippen LogP contribution < -0.4 is 10.6 Å². The van der Waals surface area contributed by atoms with Crippen LogP contribution in [0, 0.1) is 0 Å². The van der Waals surface area contributed by atoms with Crippen molar-refractivity contribution in [2.45, 2.75) is 6.43 Å². The molecule has 7 heteroatoms. The third-order valence-electron chi connectivity index (χ3n) is 2.36. The number of nitrogens with two attached hydrogens (primary N) is 1. The Balaban J connectivity index is 3.10. The number of alkyl halides is 2. The van der Waals surface area contributed by atoms with Gasteiger partial charge in [-0.1, -0.05) is 17.3 Å². The Morgan fingerprint density at radius 2 is 2.06 bits per heavy atom. The van der Waals surface area contributed by atoms with Crippen LogP contribution in [0.25, 0.3) is 0 Å². The molecular weight excluding hydrogens is 244 g/mol. The number of hydrogen-bond donors (Lipinski definition) is 3. The molecule has 0 spiro atoms. The molecule has 1 aromatic rings. The number of benzene rings is 1. The predicted molar refractivity (Wildman–Crippen MR) is 64.3 cm³/mol. The Labute approximate surface area is 103 Å². The fourth-order valence-electron chi connectivity index (χ4n) is 1.62. The monoisotopic (exact) mass is 259 g/mol. The summed E-state index contributed by atoms with van der Waals surface area (Å²) in [5.41, 5.74) is 6.22. The van der Waals surface area contributed by atoms with Gasteiger partial charge in [0.25, 0.3) is 6.43 Å². The van der Waals surface area contributed by atoms with Crippen LogP contribution in [0.15, 0.2) is 29.4 Å². The number of nitrogens with zero attached hydrogens (tertiary/aromatic N) is 2. The van der Waals surface area contributed by atoms with Gasteiger partial charge >= 0.3 is 0 Å². The summed E-state index contributed by atoms with van der Waals surface area (Å²) in [4.78, 5) is 1.29. The molecule has 1 aromatic carbocycles. The quantitative estimate of drug-likeness (QED) is 0.306. The number of oxime groups is 1. The van der Waals surface area contributed by atoms with E-state index in [1.807, 2.05) is 0 Å². The van der Waals surface area contributed by atoms with Crippen molar-refractivity contribution in [3.63, 3.8) is 0 Å². The van der Waals surface area contributed by atoms with Gasteiger partial charge < -0.3 is 20.9 Å². The Morgan fingerprint density at radius 1 is 1.39 bits per heavy atom. The molecule has 5 nitrogen and oxygen atoms in total. The van der Waals surface area contributed by atoms with Gasteiger partial charge in [0.15, 0.2) is 5.84 Å². The highest BCUT2D eigenvalue weighted by Gasteiger charge is 2.16. The summed E-state index contributed by atoms with van der Waals surface area (Å²) >= 11 is 0. The van der Waals surface area contributed by atoms with Gasteiger partial charge in [-0.2, -0.15) is 0 Å². The Kier molecular flexibility index (Phi) is 5.31. The smallest absolute Gasteiger partial charge is 0.255 e. The largest absolute Gasteiger partial charge is 0.409 e. The molecule has 0 radical (unpaired) electrons. The molecule has 0 bridgehead atoms. The van der Waals surface area contributed by atoms with E-state index in [1.165, 1.54) is 4.90 Å². The van der Waals surface area contributed by atoms with E-state index in [-0.39, 0.29) is 19.0 Å². The average molecular weight is 259 g/mol. The van der Waals surface area contributed by atoms with Gasteiger partial charge in [0.2, 0.25) is 0 Å². The first-order valence-corrected chi connectivity index (χ1v) is 5.31. The van der Waals surface area contributed by atoms with Crippen LogP contribution in [-0.2, 0) is 0 Å². The van der Waals surface area contributed by atoms with Crippen molar-refractivity contribution in [2.24, 2.45) is 10.9 Å². The summed E-state index contributed by atoms with van der Waals surface area (Å²) in [7, 11) is 0. The molecule has 0 amide bonds. The van der Waals surface area contributed by atoms with Gasteiger partial charge in [-0.25, -0.2) is 8.78 Å². The molecule has 0 fully saturated rings. The van der Waals surface area contributed by atoms with Crippen LogP contribution in [-0.4, -0.2) is 42.3 Å². The van der Waals surface area contributed by atoms with E-state index in [0.717, 1.165) is 0 Å². The lowest BCUT2D eigenvalue weighted by Gasteiger charge is -2.25. The Hall–Kier alpha value is -1.89. The van der Waals surface area contributed by atoms with Crippen molar-refractivity contribution in [2.75, 3.05) is 24.6 Å². The zero-order valence-electron chi connectivity index (χ0n) is 9.63. The van der Waals surface area contributed by atoms with Gasteiger partial charge in [-0.15, -0.1) is 0 Å². The summed E-state index contributed by atoms with van der Waals surface area (Å²) in [6, 6.07) is 6.43. The molecule has 0 aromatic heterocycles. The van der Waals surface area contributed by atoms with Crippen LogP contribution in [0.3, 0.4) is 0 Å². The van der Waals surface area contributed by atoms with Crippen molar-refractivity contribution in [1.82, 2.24) is 0 Å². The maximum Gasteiger partial charge on any atom is 0.255 e. The third kappa shape index (κ3) is 3.56. The molecule has 4 N–H and O–H groups in total. The number of aliphatic hydroxyl groups is 1. The summed E-state index contributed by atoms with van der Waals surface area (Å²) in [5, 5.41) is 20.4. The summed E-state index contributed by atoms with van der Waals surface area (Å²) in [6.07, 6.45) is -2.54. The minimum atomic E-state index is -2.54. The van der Waals surface area contributed by atoms with Gasteiger partial charge in [-0.05, 0) is 12.1 Å². The Bertz CT molecular complexity index is 413. The highest BCUT2D eigenvalue weighted by molar-refractivity contribution is 6.02. The molecule has 0 saturated heterocycles. The molecule has 0 aliphatic carbocycles. The van der Waals surface area contributed by atoms with Gasteiger partial charge in [0.05, 0.1) is 13.2 Å². The highest BCUT2D eigenvalue weighted by Crippen LogP contribution is 2.21. The second-order valence-corrected chi connectivity index (χ2v) is 3.56. The first-order valence-electron chi connectivity index (χ1n) is 5.31. The second-order valence-electron chi connectivity index (χ2n) is 3.56. The molecule has 18 heavy (non-hydrogen) atoms. The number of anilines is 1. The molecular formula is C11H15F2N3O2. The van der Waals surface area contributed by atoms with Gasteiger partial charge in [0, 0.05) is 17.8 Å². The lowest BCUT2D eigenvalue weighted by atomic mass is 10.1. The fourth-order valence-corrected chi connectivity index (χ4v) is 1.62. The third-order valence-corrected chi connectivity index (χ3v) is 2.36. The topological polar surface area (TPSA) is 82.1 Å². The fraction of sp³-hybridized carbons (Fsp3) is 0.364. The van der Waals surface area contributed by atoms with Crippen LogP contribution in [0.5, 0.6) is 0 Å². The highest BCUT2D eigenvalue weighted by atomic mass is 19.3. The molecule has 0 saturated carbocycles. The number of halogens is 2. The van der Waals surface area contributed by atoms with E-state index < -0.39 is 13.0 Å². The van der Waals surface area contributed by atoms with Crippen molar-refractivity contribution in [1.29, 1.82) is 0 Å². The molecule has 100 valence electrons. The zero-order chi connectivity index (χ0) is 13.5. The first kappa shape index (κ1) is 14.2. The molecule has 1 rings (SSSR count). The maximum absolute atomic E-state index is 12.5. The SMILES string of the molecule is N/C(=N/O)c1ccccc1N(CCO)CC(F)F. The predicted octanol–water partition coefficient (Wildman–Crippen LogP) is 0.845. The van der Waals surface area contributed by atoms with Crippen molar-refractivity contribution in [3.05, 3.63) is 29.8 Å². The van der Waals surface area contributed by atoms with Crippen molar-refractivity contribution >= 4 is 11.5 Å². The van der Waals surface area contributed by atoms with Gasteiger partial charge in [-0.3, -0.25) is 0 Å². The molecule has 0 atom stereocenters. The van der Waals surface area contributed by atoms with Crippen molar-refractivity contribution < 1.29 is 19.1 Å². The average Bonchev–Trinajstić information content (AvgIpc) is 2.37. The normalized spacial score (nSPS) is 11.9. The number of aliphatic hydroxyl groups excluding tert-OH is 1.